The lowest BCUT2D eigenvalue weighted by Gasteiger charge is -2.34. The van der Waals surface area contributed by atoms with Gasteiger partial charge in [-0.05, 0) is 41.5 Å². The third kappa shape index (κ3) is 3.78. The molecule has 4 rings (SSSR count). The maximum Gasteiger partial charge on any atom is 0.321 e. The molecule has 6 nitrogen and oxygen atoms in total. The van der Waals surface area contributed by atoms with Crippen molar-refractivity contribution >= 4 is 17.6 Å². The molecular weight excluding hydrogens is 349 g/mol. The van der Waals surface area contributed by atoms with Gasteiger partial charge in [-0.3, -0.25) is 4.79 Å². The number of nitrogens with zero attached hydrogens (tertiary/aromatic N) is 2. The number of nitrogens with one attached hydrogen (secondary N) is 1. The fraction of sp³-hybridized carbons (Fsp3) is 0.300. The van der Waals surface area contributed by atoms with Crippen molar-refractivity contribution in [2.24, 2.45) is 0 Å². The van der Waals surface area contributed by atoms with E-state index in [1.807, 2.05) is 18.2 Å². The van der Waals surface area contributed by atoms with Crippen molar-refractivity contribution in [2.45, 2.75) is 13.2 Å². The molecule has 1 N–H and O–H groups in total. The molecule has 0 aliphatic carbocycles. The molecular formula is C20H20FN3O3. The maximum atomic E-state index is 13.3. The van der Waals surface area contributed by atoms with E-state index in [-0.39, 0.29) is 11.9 Å². The van der Waals surface area contributed by atoms with Gasteiger partial charge in [-0.1, -0.05) is 12.1 Å². The van der Waals surface area contributed by atoms with E-state index in [0.717, 1.165) is 16.8 Å². The second kappa shape index (κ2) is 7.36. The summed E-state index contributed by atoms with van der Waals surface area (Å²) in [7, 11) is 0. The van der Waals surface area contributed by atoms with Gasteiger partial charge in [0.1, 0.15) is 5.82 Å². The first kappa shape index (κ1) is 17.5. The maximum absolute atomic E-state index is 13.3. The lowest BCUT2D eigenvalue weighted by Crippen LogP contribution is -2.51. The van der Waals surface area contributed by atoms with Crippen molar-refractivity contribution < 1.29 is 18.7 Å². The Labute approximate surface area is 156 Å². The van der Waals surface area contributed by atoms with Crippen LogP contribution in [0.15, 0.2) is 42.5 Å². The van der Waals surface area contributed by atoms with Crippen LogP contribution in [-0.4, -0.2) is 47.9 Å². The number of fused-ring (bicyclic) bond motifs is 1. The second-order valence-electron chi connectivity index (χ2n) is 6.70. The number of carbonyl (C=O) groups excluding carboxylic acids is 2. The van der Waals surface area contributed by atoms with Gasteiger partial charge in [0.2, 0.25) is 0 Å². The molecule has 7 heteroatoms. The smallest absolute Gasteiger partial charge is 0.321 e. The highest BCUT2D eigenvalue weighted by Crippen LogP contribution is 2.23. The third-order valence-electron chi connectivity index (χ3n) is 4.90. The normalized spacial score (nSPS) is 16.2. The van der Waals surface area contributed by atoms with E-state index in [9.17, 15) is 14.0 Å². The number of rotatable bonds is 2. The topological polar surface area (TPSA) is 61.9 Å². The van der Waals surface area contributed by atoms with Gasteiger partial charge in [-0.25, -0.2) is 9.18 Å². The molecule has 140 valence electrons. The quantitative estimate of drug-likeness (QED) is 0.886. The predicted octanol–water partition coefficient (Wildman–Crippen LogP) is 2.85. The Hall–Kier alpha value is -2.93. The van der Waals surface area contributed by atoms with Crippen molar-refractivity contribution in [3.05, 3.63) is 65.0 Å². The summed E-state index contributed by atoms with van der Waals surface area (Å²) in [5.74, 6) is -0.646. The van der Waals surface area contributed by atoms with Crippen LogP contribution in [0.25, 0.3) is 0 Å². The second-order valence-corrected chi connectivity index (χ2v) is 6.70. The Kier molecular flexibility index (Phi) is 4.77. The minimum absolute atomic E-state index is 0.188. The number of hydrogen-bond donors (Lipinski definition) is 1. The molecule has 0 aromatic heterocycles. The molecule has 0 bridgehead atoms. The fourth-order valence-corrected chi connectivity index (χ4v) is 3.37. The zero-order chi connectivity index (χ0) is 18.8. The average molecular weight is 369 g/mol. The summed E-state index contributed by atoms with van der Waals surface area (Å²) in [6, 6.07) is 11.2. The summed E-state index contributed by atoms with van der Waals surface area (Å²) in [6.45, 7) is 2.88. The third-order valence-corrected chi connectivity index (χ3v) is 4.90. The Balaban J connectivity index is 1.33. The van der Waals surface area contributed by atoms with Crippen molar-refractivity contribution in [2.75, 3.05) is 31.5 Å². The Morgan fingerprint density at radius 2 is 1.67 bits per heavy atom. The van der Waals surface area contributed by atoms with E-state index in [0.29, 0.717) is 45.0 Å². The van der Waals surface area contributed by atoms with E-state index in [4.69, 9.17) is 4.74 Å². The van der Waals surface area contributed by atoms with Crippen LogP contribution in [0, 0.1) is 5.82 Å². The molecule has 0 saturated carbocycles. The number of piperazine rings is 1. The summed E-state index contributed by atoms with van der Waals surface area (Å²) < 4.78 is 18.7. The van der Waals surface area contributed by atoms with Crippen molar-refractivity contribution in [1.29, 1.82) is 0 Å². The molecule has 1 fully saturated rings. The zero-order valence-electron chi connectivity index (χ0n) is 14.8. The fourth-order valence-electron chi connectivity index (χ4n) is 3.37. The minimum Gasteiger partial charge on any atom is -0.372 e. The van der Waals surface area contributed by atoms with E-state index in [2.05, 4.69) is 5.32 Å². The molecule has 2 aromatic rings. The number of hydrogen-bond acceptors (Lipinski definition) is 3. The summed E-state index contributed by atoms with van der Waals surface area (Å²) in [4.78, 5) is 28.3. The van der Waals surface area contributed by atoms with Gasteiger partial charge in [-0.15, -0.1) is 0 Å². The van der Waals surface area contributed by atoms with Crippen LogP contribution in [0.5, 0.6) is 0 Å². The van der Waals surface area contributed by atoms with Crippen LogP contribution in [-0.2, 0) is 18.0 Å². The Bertz CT molecular complexity index is 879. The highest BCUT2D eigenvalue weighted by atomic mass is 19.1. The molecule has 0 spiro atoms. The van der Waals surface area contributed by atoms with Crippen LogP contribution >= 0.6 is 0 Å². The number of urea groups is 1. The molecule has 0 unspecified atom stereocenters. The molecule has 2 heterocycles. The SMILES string of the molecule is O=C(Nc1ccc2c(c1)COC2)N1CCN(C(=O)c2cccc(F)c2)CC1. The number of amides is 3. The van der Waals surface area contributed by atoms with Crippen molar-refractivity contribution in [1.82, 2.24) is 9.80 Å². The number of benzene rings is 2. The molecule has 27 heavy (non-hydrogen) atoms. The summed E-state index contributed by atoms with van der Waals surface area (Å²) in [5, 5.41) is 2.90. The highest BCUT2D eigenvalue weighted by molar-refractivity contribution is 5.94. The van der Waals surface area contributed by atoms with Crippen LogP contribution in [0.4, 0.5) is 14.9 Å². The largest absolute Gasteiger partial charge is 0.372 e. The Morgan fingerprint density at radius 1 is 0.926 bits per heavy atom. The van der Waals surface area contributed by atoms with Crippen molar-refractivity contribution in [3.63, 3.8) is 0 Å². The van der Waals surface area contributed by atoms with Crippen LogP contribution < -0.4 is 5.32 Å². The number of ether oxygens (including phenoxy) is 1. The monoisotopic (exact) mass is 369 g/mol. The van der Waals surface area contributed by atoms with Crippen molar-refractivity contribution in [3.8, 4) is 0 Å². The molecule has 2 aliphatic heterocycles. The van der Waals surface area contributed by atoms with Gasteiger partial charge in [0.25, 0.3) is 5.91 Å². The van der Waals surface area contributed by atoms with Crippen LogP contribution in [0.3, 0.4) is 0 Å². The van der Waals surface area contributed by atoms with Gasteiger partial charge < -0.3 is 19.9 Å². The molecule has 3 amide bonds. The zero-order valence-corrected chi connectivity index (χ0v) is 14.8. The number of carbonyl (C=O) groups is 2. The molecule has 1 saturated heterocycles. The van der Waals surface area contributed by atoms with Crippen LogP contribution in [0.1, 0.15) is 21.5 Å². The average Bonchev–Trinajstić information content (AvgIpc) is 3.15. The van der Waals surface area contributed by atoms with E-state index >= 15 is 0 Å². The number of anilines is 1. The van der Waals surface area contributed by atoms with E-state index < -0.39 is 5.82 Å². The summed E-state index contributed by atoms with van der Waals surface area (Å²) in [6.07, 6.45) is 0. The van der Waals surface area contributed by atoms with E-state index in [1.54, 1.807) is 15.9 Å². The van der Waals surface area contributed by atoms with Crippen LogP contribution in [0.2, 0.25) is 0 Å². The van der Waals surface area contributed by atoms with Gasteiger partial charge in [-0.2, -0.15) is 0 Å². The minimum atomic E-state index is -0.432. The highest BCUT2D eigenvalue weighted by Gasteiger charge is 2.25. The van der Waals surface area contributed by atoms with Gasteiger partial charge in [0.05, 0.1) is 13.2 Å². The molecule has 0 atom stereocenters. The molecule has 2 aliphatic rings. The molecule has 2 aromatic carbocycles. The van der Waals surface area contributed by atoms with Gasteiger partial charge in [0.15, 0.2) is 0 Å². The van der Waals surface area contributed by atoms with Gasteiger partial charge in [0, 0.05) is 37.4 Å². The standard InChI is InChI=1S/C20H20FN3O3/c21-17-3-1-2-14(10-17)19(25)23-6-8-24(9-7-23)20(26)22-18-5-4-15-12-27-13-16(15)11-18/h1-5,10-11H,6-9,12-13H2,(H,22,26). The van der Waals surface area contributed by atoms with Gasteiger partial charge >= 0.3 is 6.03 Å². The lowest BCUT2D eigenvalue weighted by atomic mass is 10.1. The summed E-state index contributed by atoms with van der Waals surface area (Å²) in [5.41, 5.74) is 3.31. The first-order chi connectivity index (χ1) is 13.1. The van der Waals surface area contributed by atoms with E-state index in [1.165, 1.54) is 18.2 Å². The molecule has 0 radical (unpaired) electrons. The number of halogens is 1. The Morgan fingerprint density at radius 3 is 2.44 bits per heavy atom. The lowest BCUT2D eigenvalue weighted by molar-refractivity contribution is 0.0671. The first-order valence-corrected chi connectivity index (χ1v) is 8.90. The predicted molar refractivity (Wildman–Crippen MR) is 97.8 cm³/mol. The summed E-state index contributed by atoms with van der Waals surface area (Å²) >= 11 is 0. The first-order valence-electron chi connectivity index (χ1n) is 8.90.